The van der Waals surface area contributed by atoms with E-state index in [0.717, 1.165) is 63.9 Å². The summed E-state index contributed by atoms with van der Waals surface area (Å²) in [7, 11) is 0. The van der Waals surface area contributed by atoms with Gasteiger partial charge < -0.3 is 15.0 Å². The van der Waals surface area contributed by atoms with Gasteiger partial charge in [-0.25, -0.2) is 4.79 Å². The van der Waals surface area contributed by atoms with Crippen molar-refractivity contribution < 1.29 is 9.53 Å². The molecule has 2 aliphatic rings. The molecule has 0 radical (unpaired) electrons. The van der Waals surface area contributed by atoms with Crippen LogP contribution in [0.2, 0.25) is 0 Å². The normalized spacial score (nSPS) is 19.8. The molecule has 2 amide bonds. The van der Waals surface area contributed by atoms with Crippen molar-refractivity contribution in [2.45, 2.75) is 19.5 Å². The van der Waals surface area contributed by atoms with Gasteiger partial charge in [-0.3, -0.25) is 4.90 Å². The molecule has 0 aromatic heterocycles. The van der Waals surface area contributed by atoms with Crippen LogP contribution in [-0.4, -0.2) is 66.7 Å². The molecule has 2 aliphatic heterocycles. The lowest BCUT2D eigenvalue weighted by atomic mass is 10.1. The van der Waals surface area contributed by atoms with E-state index in [2.05, 4.69) is 28.4 Å². The molecule has 1 N–H and O–H groups in total. The largest absolute Gasteiger partial charge is 0.379 e. The predicted octanol–water partition coefficient (Wildman–Crippen LogP) is 2.17. The third-order valence-electron chi connectivity index (χ3n) is 4.56. The van der Waals surface area contributed by atoms with E-state index in [1.165, 1.54) is 11.1 Å². The Kier molecular flexibility index (Phi) is 6.81. The maximum atomic E-state index is 12.4. The maximum Gasteiger partial charge on any atom is 0.317 e. The van der Waals surface area contributed by atoms with Gasteiger partial charge in [-0.15, -0.1) is 0 Å². The van der Waals surface area contributed by atoms with Crippen LogP contribution < -0.4 is 5.32 Å². The van der Waals surface area contributed by atoms with Crippen molar-refractivity contribution in [3.05, 3.63) is 35.4 Å². The molecule has 3 rings (SSSR count). The molecule has 0 bridgehead atoms. The van der Waals surface area contributed by atoms with Crippen molar-refractivity contribution in [2.75, 3.05) is 50.9 Å². The molecule has 24 heavy (non-hydrogen) atoms. The number of urea groups is 1. The van der Waals surface area contributed by atoms with Gasteiger partial charge in [0.1, 0.15) is 0 Å². The number of morpholine rings is 1. The molecular weight excluding hydrogens is 322 g/mol. The molecule has 2 fully saturated rings. The lowest BCUT2D eigenvalue weighted by Gasteiger charge is -2.27. The van der Waals surface area contributed by atoms with Crippen LogP contribution in [0.4, 0.5) is 4.79 Å². The van der Waals surface area contributed by atoms with Gasteiger partial charge in [0.05, 0.1) is 13.2 Å². The Balaban J connectivity index is 1.55. The first-order valence-corrected chi connectivity index (χ1v) is 9.96. The van der Waals surface area contributed by atoms with Crippen molar-refractivity contribution in [1.29, 1.82) is 0 Å². The van der Waals surface area contributed by atoms with E-state index < -0.39 is 0 Å². The Morgan fingerprint density at radius 3 is 2.71 bits per heavy atom. The molecule has 0 spiro atoms. The molecule has 2 heterocycles. The molecule has 132 valence electrons. The fourth-order valence-corrected chi connectivity index (χ4v) is 4.00. The summed E-state index contributed by atoms with van der Waals surface area (Å²) in [5, 5.41) is 3.11. The van der Waals surface area contributed by atoms with E-state index >= 15 is 0 Å². The zero-order valence-corrected chi connectivity index (χ0v) is 15.0. The van der Waals surface area contributed by atoms with Crippen LogP contribution in [-0.2, 0) is 17.8 Å². The molecule has 6 heteroatoms. The highest BCUT2D eigenvalue weighted by Crippen LogP contribution is 2.14. The second kappa shape index (κ2) is 9.30. The van der Waals surface area contributed by atoms with E-state index in [1.54, 1.807) is 0 Å². The minimum Gasteiger partial charge on any atom is -0.379 e. The first kappa shape index (κ1) is 17.6. The number of amides is 2. The van der Waals surface area contributed by atoms with E-state index in [9.17, 15) is 4.79 Å². The smallest absolute Gasteiger partial charge is 0.317 e. The van der Waals surface area contributed by atoms with Crippen molar-refractivity contribution in [3.63, 3.8) is 0 Å². The highest BCUT2D eigenvalue weighted by atomic mass is 32.2. The fourth-order valence-electron chi connectivity index (χ4n) is 3.12. The zero-order valence-electron chi connectivity index (χ0n) is 14.2. The van der Waals surface area contributed by atoms with Crippen LogP contribution in [0.5, 0.6) is 0 Å². The van der Waals surface area contributed by atoms with Crippen LogP contribution in [0, 0.1) is 0 Å². The summed E-state index contributed by atoms with van der Waals surface area (Å²) < 4.78 is 5.42. The summed E-state index contributed by atoms with van der Waals surface area (Å²) in [4.78, 5) is 16.8. The Labute approximate surface area is 148 Å². The molecule has 1 aromatic carbocycles. The SMILES string of the molecule is O=C(NCc1ccccc1CN1CCOCC1)N1CCCSCC1. The summed E-state index contributed by atoms with van der Waals surface area (Å²) in [5.74, 6) is 2.20. The number of carbonyl (C=O) groups is 1. The van der Waals surface area contributed by atoms with Crippen LogP contribution in [0.25, 0.3) is 0 Å². The number of benzene rings is 1. The predicted molar refractivity (Wildman–Crippen MR) is 98.3 cm³/mol. The van der Waals surface area contributed by atoms with Gasteiger partial charge in [-0.1, -0.05) is 24.3 Å². The van der Waals surface area contributed by atoms with Crippen LogP contribution in [0.15, 0.2) is 24.3 Å². The number of carbonyl (C=O) groups excluding carboxylic acids is 1. The zero-order chi connectivity index (χ0) is 16.6. The van der Waals surface area contributed by atoms with Crippen LogP contribution in [0.3, 0.4) is 0 Å². The number of nitrogens with zero attached hydrogens (tertiary/aromatic N) is 2. The Morgan fingerprint density at radius 2 is 1.88 bits per heavy atom. The highest BCUT2D eigenvalue weighted by molar-refractivity contribution is 7.99. The van der Waals surface area contributed by atoms with Gasteiger partial charge in [-0.05, 0) is 23.3 Å². The quantitative estimate of drug-likeness (QED) is 0.905. The van der Waals surface area contributed by atoms with Crippen molar-refractivity contribution >= 4 is 17.8 Å². The molecule has 0 unspecified atom stereocenters. The van der Waals surface area contributed by atoms with Crippen LogP contribution in [0.1, 0.15) is 17.5 Å². The fraction of sp³-hybridized carbons (Fsp3) is 0.611. The summed E-state index contributed by atoms with van der Waals surface area (Å²) in [5.41, 5.74) is 2.51. The van der Waals surface area contributed by atoms with E-state index in [0.29, 0.717) is 6.54 Å². The number of rotatable bonds is 4. The molecular formula is C18H27N3O2S. The average molecular weight is 350 g/mol. The molecule has 2 saturated heterocycles. The van der Waals surface area contributed by atoms with Gasteiger partial charge in [0.2, 0.25) is 0 Å². The summed E-state index contributed by atoms with van der Waals surface area (Å²) in [6, 6.07) is 8.48. The second-order valence-electron chi connectivity index (χ2n) is 6.27. The van der Waals surface area contributed by atoms with E-state index in [-0.39, 0.29) is 6.03 Å². The van der Waals surface area contributed by atoms with Crippen molar-refractivity contribution in [3.8, 4) is 0 Å². The number of hydrogen-bond donors (Lipinski definition) is 1. The first-order valence-electron chi connectivity index (χ1n) is 8.80. The third-order valence-corrected chi connectivity index (χ3v) is 5.60. The lowest BCUT2D eigenvalue weighted by molar-refractivity contribution is 0.0341. The van der Waals surface area contributed by atoms with E-state index in [4.69, 9.17) is 4.74 Å². The average Bonchev–Trinajstić information content (AvgIpc) is 2.91. The van der Waals surface area contributed by atoms with Gasteiger partial charge in [-0.2, -0.15) is 11.8 Å². The molecule has 1 aromatic rings. The summed E-state index contributed by atoms with van der Waals surface area (Å²) in [6.07, 6.45) is 1.09. The number of ether oxygens (including phenoxy) is 1. The van der Waals surface area contributed by atoms with Gasteiger partial charge in [0.15, 0.2) is 0 Å². The van der Waals surface area contributed by atoms with Crippen molar-refractivity contribution in [2.24, 2.45) is 0 Å². The lowest BCUT2D eigenvalue weighted by Crippen LogP contribution is -2.41. The topological polar surface area (TPSA) is 44.8 Å². The highest BCUT2D eigenvalue weighted by Gasteiger charge is 2.16. The van der Waals surface area contributed by atoms with Gasteiger partial charge in [0.25, 0.3) is 0 Å². The van der Waals surface area contributed by atoms with E-state index in [1.807, 2.05) is 22.7 Å². The minimum absolute atomic E-state index is 0.0682. The molecule has 0 saturated carbocycles. The van der Waals surface area contributed by atoms with Crippen LogP contribution >= 0.6 is 11.8 Å². The standard InChI is InChI=1S/C18H27N3O2S/c22-18(21-6-3-12-24-13-9-21)19-14-16-4-1-2-5-17(16)15-20-7-10-23-11-8-20/h1-2,4-5H,3,6-15H2,(H,19,22). The van der Waals surface area contributed by atoms with Gasteiger partial charge >= 0.3 is 6.03 Å². The number of nitrogens with one attached hydrogen (secondary N) is 1. The summed E-state index contributed by atoms with van der Waals surface area (Å²) in [6.45, 7) is 6.83. The second-order valence-corrected chi connectivity index (χ2v) is 7.49. The molecule has 5 nitrogen and oxygen atoms in total. The monoisotopic (exact) mass is 349 g/mol. The number of thioether (sulfide) groups is 1. The third kappa shape index (κ3) is 5.13. The Bertz CT molecular complexity index is 527. The first-order chi connectivity index (χ1) is 11.8. The van der Waals surface area contributed by atoms with Crippen molar-refractivity contribution in [1.82, 2.24) is 15.1 Å². The molecule has 0 aliphatic carbocycles. The Hall–Kier alpha value is -1.24. The number of hydrogen-bond acceptors (Lipinski definition) is 4. The minimum atomic E-state index is 0.0682. The molecule has 0 atom stereocenters. The van der Waals surface area contributed by atoms with Gasteiger partial charge in [0, 0.05) is 45.0 Å². The summed E-state index contributed by atoms with van der Waals surface area (Å²) >= 11 is 1.94. The Morgan fingerprint density at radius 1 is 1.08 bits per heavy atom. The maximum absolute atomic E-state index is 12.4.